The van der Waals surface area contributed by atoms with Crippen LogP contribution in [0.4, 0.5) is 0 Å². The lowest BCUT2D eigenvalue weighted by Crippen LogP contribution is -2.31. The van der Waals surface area contributed by atoms with E-state index in [1.807, 2.05) is 23.9 Å². The number of thiazole rings is 1. The second kappa shape index (κ2) is 7.29. The molecule has 0 radical (unpaired) electrons. The van der Waals surface area contributed by atoms with Crippen molar-refractivity contribution in [3.05, 3.63) is 45.9 Å². The lowest BCUT2D eigenvalue weighted by Gasteiger charge is -2.24. The third kappa shape index (κ3) is 4.46. The molecule has 1 saturated heterocycles. The van der Waals surface area contributed by atoms with E-state index >= 15 is 0 Å². The summed E-state index contributed by atoms with van der Waals surface area (Å²) in [5.74, 6) is 4.37. The van der Waals surface area contributed by atoms with Crippen molar-refractivity contribution in [2.75, 3.05) is 18.1 Å². The Kier molecular flexibility index (Phi) is 5.17. The lowest BCUT2D eigenvalue weighted by atomic mass is 10.2. The normalized spacial score (nSPS) is 14.9. The Morgan fingerprint density at radius 3 is 2.81 bits per heavy atom. The molecule has 0 saturated carbocycles. The maximum atomic E-state index is 5.75. The van der Waals surface area contributed by atoms with Crippen molar-refractivity contribution in [1.29, 1.82) is 0 Å². The number of ether oxygens (including phenoxy) is 1. The van der Waals surface area contributed by atoms with Crippen molar-refractivity contribution in [2.45, 2.75) is 20.1 Å². The van der Waals surface area contributed by atoms with Crippen molar-refractivity contribution in [1.82, 2.24) is 10.3 Å². The number of benzene rings is 1. The highest BCUT2D eigenvalue weighted by Gasteiger charge is 2.17. The number of rotatable bonds is 7. The van der Waals surface area contributed by atoms with Crippen LogP contribution in [0.1, 0.15) is 16.3 Å². The van der Waals surface area contributed by atoms with E-state index in [9.17, 15) is 0 Å². The fourth-order valence-electron chi connectivity index (χ4n) is 2.08. The fourth-order valence-corrected chi connectivity index (χ4v) is 3.59. The summed E-state index contributed by atoms with van der Waals surface area (Å²) in [5, 5.41) is 6.64. The van der Waals surface area contributed by atoms with E-state index in [0.717, 1.165) is 35.5 Å². The summed E-state index contributed by atoms with van der Waals surface area (Å²) in [6, 6.07) is 8.13. The molecule has 3 rings (SSSR count). The smallest absolute Gasteiger partial charge is 0.140 e. The highest BCUT2D eigenvalue weighted by molar-refractivity contribution is 8.00. The first-order chi connectivity index (χ1) is 10.3. The van der Waals surface area contributed by atoms with E-state index in [1.165, 1.54) is 17.1 Å². The zero-order valence-corrected chi connectivity index (χ0v) is 13.8. The van der Waals surface area contributed by atoms with Crippen LogP contribution in [0.15, 0.2) is 29.6 Å². The molecule has 0 spiro atoms. The standard InChI is InChI=1S/C16H20N2OS2/c1-12-2-4-15(5-3-12)19-8-16-18-14(11-21-16)7-17-6-13-9-20-10-13/h2-5,11,13,17H,6-10H2,1H3. The molecule has 0 aliphatic carbocycles. The molecule has 5 heteroatoms. The van der Waals surface area contributed by atoms with Gasteiger partial charge < -0.3 is 10.1 Å². The van der Waals surface area contributed by atoms with Gasteiger partial charge in [-0.05, 0) is 43.0 Å². The monoisotopic (exact) mass is 320 g/mol. The summed E-state index contributed by atoms with van der Waals surface area (Å²) in [7, 11) is 0. The number of aryl methyl sites for hydroxylation is 1. The third-order valence-corrected chi connectivity index (χ3v) is 5.71. The lowest BCUT2D eigenvalue weighted by molar-refractivity contribution is 0.305. The van der Waals surface area contributed by atoms with Crippen LogP contribution in [0, 0.1) is 12.8 Å². The summed E-state index contributed by atoms with van der Waals surface area (Å²) >= 11 is 3.70. The summed E-state index contributed by atoms with van der Waals surface area (Å²) < 4.78 is 5.75. The number of hydrogen-bond acceptors (Lipinski definition) is 5. The van der Waals surface area contributed by atoms with Gasteiger partial charge in [-0.3, -0.25) is 0 Å². The molecule has 1 aliphatic rings. The van der Waals surface area contributed by atoms with Crippen LogP contribution in [-0.4, -0.2) is 23.0 Å². The third-order valence-electron chi connectivity index (χ3n) is 3.43. The van der Waals surface area contributed by atoms with Crippen LogP contribution in [0.5, 0.6) is 5.75 Å². The molecule has 1 aliphatic heterocycles. The van der Waals surface area contributed by atoms with Crippen LogP contribution in [0.25, 0.3) is 0 Å². The molecule has 1 aromatic carbocycles. The van der Waals surface area contributed by atoms with Crippen molar-refractivity contribution >= 4 is 23.1 Å². The van der Waals surface area contributed by atoms with E-state index in [0.29, 0.717) is 6.61 Å². The van der Waals surface area contributed by atoms with Crippen molar-refractivity contribution < 1.29 is 4.74 Å². The van der Waals surface area contributed by atoms with Gasteiger partial charge in [-0.2, -0.15) is 11.8 Å². The minimum absolute atomic E-state index is 0.549. The van der Waals surface area contributed by atoms with Gasteiger partial charge in [0.1, 0.15) is 17.4 Å². The molecule has 21 heavy (non-hydrogen) atoms. The Labute approximate surface area is 134 Å². The summed E-state index contributed by atoms with van der Waals surface area (Å²) in [5.41, 5.74) is 2.37. The highest BCUT2D eigenvalue weighted by atomic mass is 32.2. The SMILES string of the molecule is Cc1ccc(OCc2nc(CNCC3CSC3)cs2)cc1. The molecule has 2 heterocycles. The van der Waals surface area contributed by atoms with E-state index in [-0.39, 0.29) is 0 Å². The van der Waals surface area contributed by atoms with Crippen LogP contribution in [-0.2, 0) is 13.2 Å². The maximum absolute atomic E-state index is 5.75. The summed E-state index contributed by atoms with van der Waals surface area (Å²) in [6.45, 7) is 4.60. The molecule has 0 unspecified atom stereocenters. The quantitative estimate of drug-likeness (QED) is 0.847. The zero-order valence-electron chi connectivity index (χ0n) is 12.2. The van der Waals surface area contributed by atoms with Crippen LogP contribution >= 0.6 is 23.1 Å². The van der Waals surface area contributed by atoms with Gasteiger partial charge in [0, 0.05) is 11.9 Å². The largest absolute Gasteiger partial charge is 0.486 e. The van der Waals surface area contributed by atoms with Gasteiger partial charge in [0.15, 0.2) is 0 Å². The average molecular weight is 320 g/mol. The Hall–Kier alpha value is -1.04. The van der Waals surface area contributed by atoms with Gasteiger partial charge in [-0.15, -0.1) is 11.3 Å². The summed E-state index contributed by atoms with van der Waals surface area (Å²) in [6.07, 6.45) is 0. The molecule has 3 nitrogen and oxygen atoms in total. The predicted molar refractivity (Wildman–Crippen MR) is 90.1 cm³/mol. The van der Waals surface area contributed by atoms with Gasteiger partial charge >= 0.3 is 0 Å². The first-order valence-corrected chi connectivity index (χ1v) is 9.24. The van der Waals surface area contributed by atoms with E-state index < -0.39 is 0 Å². The van der Waals surface area contributed by atoms with Crippen molar-refractivity contribution in [3.8, 4) is 5.75 Å². The zero-order chi connectivity index (χ0) is 14.5. The predicted octanol–water partition coefficient (Wildman–Crippen LogP) is 3.48. The molecule has 1 N–H and O–H groups in total. The van der Waals surface area contributed by atoms with Gasteiger partial charge in [0.05, 0.1) is 5.69 Å². The molecule has 2 aromatic rings. The maximum Gasteiger partial charge on any atom is 0.140 e. The van der Waals surface area contributed by atoms with Crippen LogP contribution in [0.3, 0.4) is 0 Å². The highest BCUT2D eigenvalue weighted by Crippen LogP contribution is 2.23. The van der Waals surface area contributed by atoms with Gasteiger partial charge in [0.2, 0.25) is 0 Å². The fraction of sp³-hybridized carbons (Fsp3) is 0.438. The topological polar surface area (TPSA) is 34.1 Å². The van der Waals surface area contributed by atoms with Gasteiger partial charge in [-0.1, -0.05) is 17.7 Å². The van der Waals surface area contributed by atoms with Gasteiger partial charge in [-0.25, -0.2) is 4.98 Å². The molecule has 1 aromatic heterocycles. The number of nitrogens with one attached hydrogen (secondary N) is 1. The molecule has 0 bridgehead atoms. The Morgan fingerprint density at radius 1 is 1.29 bits per heavy atom. The Bertz CT molecular complexity index is 564. The molecule has 0 amide bonds. The first kappa shape index (κ1) is 14.9. The molecular formula is C16H20N2OS2. The summed E-state index contributed by atoms with van der Waals surface area (Å²) in [4.78, 5) is 4.61. The molecule has 112 valence electrons. The Morgan fingerprint density at radius 2 is 2.10 bits per heavy atom. The molecule has 1 fully saturated rings. The second-order valence-corrected chi connectivity index (χ2v) is 7.39. The molecule has 0 atom stereocenters. The number of nitrogens with zero attached hydrogens (tertiary/aromatic N) is 1. The second-order valence-electron chi connectivity index (χ2n) is 5.37. The van der Waals surface area contributed by atoms with E-state index in [2.05, 4.69) is 34.7 Å². The van der Waals surface area contributed by atoms with Crippen molar-refractivity contribution in [3.63, 3.8) is 0 Å². The van der Waals surface area contributed by atoms with Crippen molar-refractivity contribution in [2.24, 2.45) is 5.92 Å². The van der Waals surface area contributed by atoms with E-state index in [1.54, 1.807) is 11.3 Å². The van der Waals surface area contributed by atoms with E-state index in [4.69, 9.17) is 4.74 Å². The number of aromatic nitrogens is 1. The minimum Gasteiger partial charge on any atom is -0.486 e. The van der Waals surface area contributed by atoms with Gasteiger partial charge in [0.25, 0.3) is 0 Å². The number of thioether (sulfide) groups is 1. The van der Waals surface area contributed by atoms with Crippen LogP contribution in [0.2, 0.25) is 0 Å². The Balaban J connectivity index is 1.42. The average Bonchev–Trinajstić information content (AvgIpc) is 2.89. The molecular weight excluding hydrogens is 300 g/mol. The minimum atomic E-state index is 0.549. The first-order valence-electron chi connectivity index (χ1n) is 7.21. The number of hydrogen-bond donors (Lipinski definition) is 1. The van der Waals surface area contributed by atoms with Crippen LogP contribution < -0.4 is 10.1 Å².